The number of carbonyl (C=O) groups excluding carboxylic acids is 1. The molecule has 0 aliphatic heterocycles. The normalized spacial score (nSPS) is 13.3. The third-order valence-electron chi connectivity index (χ3n) is 3.36. The maximum atomic E-state index is 12.2. The van der Waals surface area contributed by atoms with Gasteiger partial charge in [0, 0.05) is 17.4 Å². The standard InChI is InChI=1S/C17H20ClN3O4S/c1-11(2)10-14(16-20-21-17(25-16)26(3,23)24)19-15(22)9-6-12-4-7-13(18)8-5-12/h4-9,11,14H,10H2,1-3H3,(H,19,22)/b9-6+/t14-/m0/s1. The van der Waals surface area contributed by atoms with E-state index in [-0.39, 0.29) is 17.7 Å². The van der Waals surface area contributed by atoms with Crippen molar-refractivity contribution < 1.29 is 17.6 Å². The third kappa shape index (κ3) is 5.96. The topological polar surface area (TPSA) is 102 Å². The van der Waals surface area contributed by atoms with Crippen LogP contribution in [0.1, 0.15) is 37.8 Å². The summed E-state index contributed by atoms with van der Waals surface area (Å²) in [7, 11) is -3.60. The fourth-order valence-electron chi connectivity index (χ4n) is 2.17. The number of carbonyl (C=O) groups is 1. The number of hydrogen-bond donors (Lipinski definition) is 1. The summed E-state index contributed by atoms with van der Waals surface area (Å²) < 4.78 is 28.2. The first-order chi connectivity index (χ1) is 12.1. The molecule has 0 aliphatic rings. The number of halogens is 1. The van der Waals surface area contributed by atoms with E-state index in [0.717, 1.165) is 11.8 Å². The Kier molecular flexibility index (Phi) is 6.55. The monoisotopic (exact) mass is 397 g/mol. The highest BCUT2D eigenvalue weighted by Crippen LogP contribution is 2.21. The zero-order chi connectivity index (χ0) is 19.3. The molecule has 1 N–H and O–H groups in total. The van der Waals surface area contributed by atoms with Crippen molar-refractivity contribution in [3.8, 4) is 0 Å². The Hall–Kier alpha value is -2.19. The minimum atomic E-state index is -3.60. The molecule has 1 aromatic carbocycles. The van der Waals surface area contributed by atoms with E-state index in [1.54, 1.807) is 30.3 Å². The lowest BCUT2D eigenvalue weighted by molar-refractivity contribution is -0.117. The van der Waals surface area contributed by atoms with Crippen molar-refractivity contribution in [2.24, 2.45) is 5.92 Å². The number of aromatic nitrogens is 2. The molecule has 0 bridgehead atoms. The number of amides is 1. The molecule has 0 fully saturated rings. The molecular weight excluding hydrogens is 378 g/mol. The minimum Gasteiger partial charge on any atom is -0.410 e. The average Bonchev–Trinajstić information content (AvgIpc) is 3.03. The second-order valence-electron chi connectivity index (χ2n) is 6.25. The summed E-state index contributed by atoms with van der Waals surface area (Å²) in [5, 5.41) is 10.2. The number of sulfone groups is 1. The number of nitrogens with zero attached hydrogens (tertiary/aromatic N) is 2. The van der Waals surface area contributed by atoms with Gasteiger partial charge >= 0.3 is 5.22 Å². The van der Waals surface area contributed by atoms with Crippen molar-refractivity contribution in [1.82, 2.24) is 15.5 Å². The zero-order valence-corrected chi connectivity index (χ0v) is 16.2. The second kappa shape index (κ2) is 8.46. The fraction of sp³-hybridized carbons (Fsp3) is 0.353. The molecule has 0 radical (unpaired) electrons. The summed E-state index contributed by atoms with van der Waals surface area (Å²) in [5.74, 6) is -0.0776. The lowest BCUT2D eigenvalue weighted by Gasteiger charge is -2.16. The van der Waals surface area contributed by atoms with E-state index in [4.69, 9.17) is 16.0 Å². The number of rotatable bonds is 7. The Bertz CT molecular complexity index is 889. The molecule has 0 unspecified atom stereocenters. The van der Waals surface area contributed by atoms with Crippen molar-refractivity contribution in [2.75, 3.05) is 6.26 Å². The van der Waals surface area contributed by atoms with Crippen LogP contribution in [0.15, 0.2) is 40.0 Å². The maximum absolute atomic E-state index is 12.2. The molecule has 0 saturated carbocycles. The molecule has 2 rings (SSSR count). The van der Waals surface area contributed by atoms with Crippen LogP contribution in [0.2, 0.25) is 5.02 Å². The quantitative estimate of drug-likeness (QED) is 0.720. The van der Waals surface area contributed by atoms with E-state index in [0.29, 0.717) is 11.4 Å². The first-order valence-corrected chi connectivity index (χ1v) is 10.2. The lowest BCUT2D eigenvalue weighted by atomic mass is 10.0. The van der Waals surface area contributed by atoms with Gasteiger partial charge in [-0.2, -0.15) is 0 Å². The zero-order valence-electron chi connectivity index (χ0n) is 14.6. The summed E-state index contributed by atoms with van der Waals surface area (Å²) in [4.78, 5) is 12.2. The molecule has 1 aromatic heterocycles. The van der Waals surface area contributed by atoms with Crippen LogP contribution in [0.25, 0.3) is 6.08 Å². The highest BCUT2D eigenvalue weighted by molar-refractivity contribution is 7.90. The van der Waals surface area contributed by atoms with E-state index in [1.807, 2.05) is 13.8 Å². The van der Waals surface area contributed by atoms with Gasteiger partial charge in [0.05, 0.1) is 0 Å². The van der Waals surface area contributed by atoms with Gasteiger partial charge in [-0.25, -0.2) is 8.42 Å². The van der Waals surface area contributed by atoms with E-state index in [2.05, 4.69) is 15.5 Å². The van der Waals surface area contributed by atoms with Crippen LogP contribution < -0.4 is 5.32 Å². The highest BCUT2D eigenvalue weighted by Gasteiger charge is 2.24. The van der Waals surface area contributed by atoms with E-state index in [1.165, 1.54) is 6.08 Å². The van der Waals surface area contributed by atoms with Gasteiger partial charge in [-0.1, -0.05) is 42.7 Å². The van der Waals surface area contributed by atoms with Gasteiger partial charge in [0.25, 0.3) is 0 Å². The van der Waals surface area contributed by atoms with Crippen LogP contribution >= 0.6 is 11.6 Å². The summed E-state index contributed by atoms with van der Waals surface area (Å²) in [5.41, 5.74) is 0.821. The van der Waals surface area contributed by atoms with Crippen molar-refractivity contribution in [2.45, 2.75) is 31.5 Å². The Balaban J connectivity index is 2.13. The number of hydrogen-bond acceptors (Lipinski definition) is 6. The predicted octanol–water partition coefficient (Wildman–Crippen LogP) is 3.04. The van der Waals surface area contributed by atoms with Crippen molar-refractivity contribution in [1.29, 1.82) is 0 Å². The van der Waals surface area contributed by atoms with Gasteiger partial charge in [-0.15, -0.1) is 5.10 Å². The molecule has 0 spiro atoms. The van der Waals surface area contributed by atoms with E-state index in [9.17, 15) is 13.2 Å². The minimum absolute atomic E-state index is 0.0624. The molecule has 140 valence electrons. The summed E-state index contributed by atoms with van der Waals surface area (Å²) in [6, 6.07) is 6.44. The van der Waals surface area contributed by atoms with Crippen molar-refractivity contribution in [3.63, 3.8) is 0 Å². The largest absolute Gasteiger partial charge is 0.410 e. The lowest BCUT2D eigenvalue weighted by Crippen LogP contribution is -2.28. The molecule has 2 aromatic rings. The summed E-state index contributed by atoms with van der Waals surface area (Å²) in [6.07, 6.45) is 4.53. The van der Waals surface area contributed by atoms with E-state index < -0.39 is 21.1 Å². The first-order valence-electron chi connectivity index (χ1n) is 7.92. The van der Waals surface area contributed by atoms with Crippen LogP contribution in [0.3, 0.4) is 0 Å². The Morgan fingerprint density at radius 1 is 1.27 bits per heavy atom. The molecule has 0 saturated heterocycles. The van der Waals surface area contributed by atoms with Crippen molar-refractivity contribution in [3.05, 3.63) is 46.8 Å². The highest BCUT2D eigenvalue weighted by atomic mass is 35.5. The van der Waals surface area contributed by atoms with Crippen LogP contribution in [0.5, 0.6) is 0 Å². The first kappa shape index (κ1) is 20.1. The smallest absolute Gasteiger partial charge is 0.335 e. The van der Waals surface area contributed by atoms with Crippen molar-refractivity contribution >= 4 is 33.4 Å². The molecule has 26 heavy (non-hydrogen) atoms. The van der Waals surface area contributed by atoms with Gasteiger partial charge in [0.2, 0.25) is 21.6 Å². The molecule has 0 aliphatic carbocycles. The molecule has 7 nitrogen and oxygen atoms in total. The van der Waals surface area contributed by atoms with Gasteiger partial charge in [0.1, 0.15) is 6.04 Å². The Morgan fingerprint density at radius 3 is 2.46 bits per heavy atom. The predicted molar refractivity (Wildman–Crippen MR) is 98.2 cm³/mol. The number of nitrogens with one attached hydrogen (secondary N) is 1. The van der Waals surface area contributed by atoms with Crippen LogP contribution in [-0.4, -0.2) is 30.8 Å². The SMILES string of the molecule is CC(C)C[C@H](NC(=O)/C=C/c1ccc(Cl)cc1)c1nnc(S(C)(=O)=O)o1. The fourth-order valence-corrected chi connectivity index (χ4v) is 2.72. The summed E-state index contributed by atoms with van der Waals surface area (Å²) >= 11 is 5.82. The van der Waals surface area contributed by atoms with Gasteiger partial charge in [-0.3, -0.25) is 4.79 Å². The molecule has 1 atom stereocenters. The van der Waals surface area contributed by atoms with Crippen LogP contribution in [0.4, 0.5) is 0 Å². The average molecular weight is 398 g/mol. The summed E-state index contributed by atoms with van der Waals surface area (Å²) in [6.45, 7) is 3.94. The Labute approximate surface area is 157 Å². The second-order valence-corrected chi connectivity index (χ2v) is 8.58. The van der Waals surface area contributed by atoms with Crippen LogP contribution in [0, 0.1) is 5.92 Å². The van der Waals surface area contributed by atoms with Gasteiger partial charge < -0.3 is 9.73 Å². The van der Waals surface area contributed by atoms with Crippen LogP contribution in [-0.2, 0) is 14.6 Å². The third-order valence-corrected chi connectivity index (χ3v) is 4.41. The maximum Gasteiger partial charge on any atom is 0.335 e. The van der Waals surface area contributed by atoms with Gasteiger partial charge in [-0.05, 0) is 36.1 Å². The Morgan fingerprint density at radius 2 is 1.92 bits per heavy atom. The molecule has 1 heterocycles. The molecule has 1 amide bonds. The molecular formula is C17H20ClN3O4S. The van der Waals surface area contributed by atoms with E-state index >= 15 is 0 Å². The molecule has 9 heteroatoms. The number of benzene rings is 1. The van der Waals surface area contributed by atoms with Gasteiger partial charge in [0.15, 0.2) is 0 Å².